The molecule has 0 unspecified atom stereocenters. The fraction of sp³-hybridized carbons (Fsp3) is 0.385. The van der Waals surface area contributed by atoms with Crippen molar-refractivity contribution in [3.8, 4) is 5.75 Å². The van der Waals surface area contributed by atoms with E-state index in [-0.39, 0.29) is 6.10 Å². The minimum Gasteiger partial charge on any atom is -0.508 e. The molecular formula is C13H17NO2. The molecule has 1 heterocycles. The zero-order valence-corrected chi connectivity index (χ0v) is 9.30. The van der Waals surface area contributed by atoms with Gasteiger partial charge in [0.15, 0.2) is 0 Å². The molecule has 0 amide bonds. The Morgan fingerprint density at radius 3 is 2.88 bits per heavy atom. The number of benzene rings is 1. The highest BCUT2D eigenvalue weighted by molar-refractivity contribution is 5.27. The number of phenolic OH excluding ortho intramolecular Hbond substituents is 1. The summed E-state index contributed by atoms with van der Waals surface area (Å²) in [6.07, 6.45) is 2.02. The van der Waals surface area contributed by atoms with E-state index in [9.17, 15) is 5.11 Å². The van der Waals surface area contributed by atoms with Crippen LogP contribution in [0.2, 0.25) is 0 Å². The first-order valence-corrected chi connectivity index (χ1v) is 5.53. The number of nitrogens with zero attached hydrogens (tertiary/aromatic N) is 1. The third kappa shape index (κ3) is 2.62. The van der Waals surface area contributed by atoms with Crippen molar-refractivity contribution in [2.75, 3.05) is 26.2 Å². The van der Waals surface area contributed by atoms with Gasteiger partial charge in [-0.05, 0) is 17.7 Å². The Kier molecular flexibility index (Phi) is 3.59. The standard InChI is InChI=1S/C13H17NO2/c1-2-7-14-8-9-16-13(10-14)11-3-5-12(15)6-4-11/h2-6,13,15H,1,7-10H2/t13-/m0/s1. The fourth-order valence-electron chi connectivity index (χ4n) is 1.94. The van der Waals surface area contributed by atoms with Crippen LogP contribution in [0.3, 0.4) is 0 Å². The number of hydrogen-bond donors (Lipinski definition) is 1. The molecule has 0 aliphatic carbocycles. The summed E-state index contributed by atoms with van der Waals surface area (Å²) in [5, 5.41) is 9.23. The van der Waals surface area contributed by atoms with E-state index in [1.807, 2.05) is 18.2 Å². The molecule has 86 valence electrons. The van der Waals surface area contributed by atoms with Gasteiger partial charge in [-0.25, -0.2) is 0 Å². The molecule has 3 nitrogen and oxygen atoms in total. The van der Waals surface area contributed by atoms with Crippen LogP contribution in [-0.4, -0.2) is 36.2 Å². The summed E-state index contributed by atoms with van der Waals surface area (Å²) in [6.45, 7) is 7.24. The van der Waals surface area contributed by atoms with Crippen molar-refractivity contribution in [2.45, 2.75) is 6.10 Å². The van der Waals surface area contributed by atoms with Gasteiger partial charge >= 0.3 is 0 Å². The van der Waals surface area contributed by atoms with Crippen molar-refractivity contribution >= 4 is 0 Å². The Morgan fingerprint density at radius 1 is 1.44 bits per heavy atom. The molecule has 1 aromatic rings. The van der Waals surface area contributed by atoms with Crippen LogP contribution in [0.25, 0.3) is 0 Å². The maximum atomic E-state index is 9.23. The molecule has 0 bridgehead atoms. The number of phenols is 1. The molecule has 1 atom stereocenters. The van der Waals surface area contributed by atoms with Crippen molar-refractivity contribution < 1.29 is 9.84 Å². The summed E-state index contributed by atoms with van der Waals surface area (Å²) < 4.78 is 5.72. The predicted molar refractivity (Wildman–Crippen MR) is 63.4 cm³/mol. The van der Waals surface area contributed by atoms with Crippen molar-refractivity contribution in [1.82, 2.24) is 4.90 Å². The van der Waals surface area contributed by atoms with E-state index in [0.717, 1.165) is 31.8 Å². The highest BCUT2D eigenvalue weighted by Crippen LogP contribution is 2.23. The first-order valence-electron chi connectivity index (χ1n) is 5.53. The quantitative estimate of drug-likeness (QED) is 0.789. The first-order chi connectivity index (χ1) is 7.79. The van der Waals surface area contributed by atoms with Gasteiger partial charge in [-0.15, -0.1) is 6.58 Å². The van der Waals surface area contributed by atoms with E-state index in [0.29, 0.717) is 5.75 Å². The first kappa shape index (κ1) is 11.2. The van der Waals surface area contributed by atoms with Gasteiger partial charge in [0.05, 0.1) is 12.7 Å². The van der Waals surface area contributed by atoms with Crippen LogP contribution in [-0.2, 0) is 4.74 Å². The largest absolute Gasteiger partial charge is 0.508 e. The third-order valence-corrected chi connectivity index (χ3v) is 2.80. The van der Waals surface area contributed by atoms with Gasteiger partial charge in [-0.1, -0.05) is 18.2 Å². The number of ether oxygens (including phenoxy) is 1. The van der Waals surface area contributed by atoms with Gasteiger partial charge in [0.25, 0.3) is 0 Å². The van der Waals surface area contributed by atoms with E-state index in [4.69, 9.17) is 4.74 Å². The summed E-state index contributed by atoms with van der Waals surface area (Å²) in [5.41, 5.74) is 1.12. The van der Waals surface area contributed by atoms with E-state index in [2.05, 4.69) is 11.5 Å². The molecule has 3 heteroatoms. The molecule has 0 saturated carbocycles. The molecule has 1 N–H and O–H groups in total. The number of morpholine rings is 1. The smallest absolute Gasteiger partial charge is 0.115 e. The Balaban J connectivity index is 2.03. The van der Waals surface area contributed by atoms with E-state index < -0.39 is 0 Å². The summed E-state index contributed by atoms with van der Waals surface area (Å²) in [7, 11) is 0. The lowest BCUT2D eigenvalue weighted by Crippen LogP contribution is -2.38. The fourth-order valence-corrected chi connectivity index (χ4v) is 1.94. The zero-order chi connectivity index (χ0) is 11.4. The predicted octanol–water partition coefficient (Wildman–Crippen LogP) is 1.95. The van der Waals surface area contributed by atoms with Gasteiger partial charge in [0.1, 0.15) is 5.75 Å². The molecular weight excluding hydrogens is 202 g/mol. The molecule has 1 saturated heterocycles. The van der Waals surface area contributed by atoms with Crippen LogP contribution in [0.4, 0.5) is 0 Å². The van der Waals surface area contributed by atoms with Crippen molar-refractivity contribution in [3.05, 3.63) is 42.5 Å². The summed E-state index contributed by atoms with van der Waals surface area (Å²) in [5.74, 6) is 0.294. The lowest BCUT2D eigenvalue weighted by Gasteiger charge is -2.32. The summed E-state index contributed by atoms with van der Waals surface area (Å²) >= 11 is 0. The van der Waals surface area contributed by atoms with Crippen LogP contribution < -0.4 is 0 Å². The SMILES string of the molecule is C=CCN1CCO[C@H](c2ccc(O)cc2)C1. The molecule has 1 aromatic carbocycles. The summed E-state index contributed by atoms with van der Waals surface area (Å²) in [6, 6.07) is 7.23. The number of rotatable bonds is 3. The molecule has 0 radical (unpaired) electrons. The van der Waals surface area contributed by atoms with Gasteiger partial charge in [-0.2, -0.15) is 0 Å². The second-order valence-corrected chi connectivity index (χ2v) is 4.00. The van der Waals surface area contributed by atoms with E-state index in [1.165, 1.54) is 0 Å². The minimum absolute atomic E-state index is 0.106. The third-order valence-electron chi connectivity index (χ3n) is 2.80. The Labute approximate surface area is 96.0 Å². The lowest BCUT2D eigenvalue weighted by molar-refractivity contribution is -0.0260. The minimum atomic E-state index is 0.106. The average Bonchev–Trinajstić information content (AvgIpc) is 2.31. The Morgan fingerprint density at radius 2 is 2.19 bits per heavy atom. The monoisotopic (exact) mass is 219 g/mol. The van der Waals surface area contributed by atoms with Crippen LogP contribution in [0.1, 0.15) is 11.7 Å². The Bertz CT molecular complexity index is 347. The maximum Gasteiger partial charge on any atom is 0.115 e. The van der Waals surface area contributed by atoms with E-state index >= 15 is 0 Å². The topological polar surface area (TPSA) is 32.7 Å². The molecule has 1 fully saturated rings. The molecule has 1 aliphatic rings. The highest BCUT2D eigenvalue weighted by Gasteiger charge is 2.20. The molecule has 0 spiro atoms. The van der Waals surface area contributed by atoms with Crippen LogP contribution >= 0.6 is 0 Å². The van der Waals surface area contributed by atoms with Gasteiger partial charge in [-0.3, -0.25) is 4.90 Å². The van der Waals surface area contributed by atoms with Gasteiger partial charge in [0, 0.05) is 19.6 Å². The molecule has 16 heavy (non-hydrogen) atoms. The zero-order valence-electron chi connectivity index (χ0n) is 9.30. The molecule has 2 rings (SSSR count). The van der Waals surface area contributed by atoms with Crippen LogP contribution in [0.5, 0.6) is 5.75 Å². The van der Waals surface area contributed by atoms with E-state index in [1.54, 1.807) is 12.1 Å². The van der Waals surface area contributed by atoms with Gasteiger partial charge < -0.3 is 9.84 Å². The Hall–Kier alpha value is -1.32. The van der Waals surface area contributed by atoms with Crippen LogP contribution in [0.15, 0.2) is 36.9 Å². The molecule has 1 aliphatic heterocycles. The average molecular weight is 219 g/mol. The van der Waals surface area contributed by atoms with Crippen molar-refractivity contribution in [3.63, 3.8) is 0 Å². The normalized spacial score (nSPS) is 21.9. The van der Waals surface area contributed by atoms with Gasteiger partial charge in [0.2, 0.25) is 0 Å². The number of hydrogen-bond acceptors (Lipinski definition) is 3. The maximum absolute atomic E-state index is 9.23. The van der Waals surface area contributed by atoms with Crippen LogP contribution in [0, 0.1) is 0 Å². The highest BCUT2D eigenvalue weighted by atomic mass is 16.5. The van der Waals surface area contributed by atoms with Crippen molar-refractivity contribution in [2.24, 2.45) is 0 Å². The molecule has 0 aromatic heterocycles. The second-order valence-electron chi connectivity index (χ2n) is 4.00. The second kappa shape index (κ2) is 5.14. The van der Waals surface area contributed by atoms with Crippen molar-refractivity contribution in [1.29, 1.82) is 0 Å². The number of aromatic hydroxyl groups is 1. The summed E-state index contributed by atoms with van der Waals surface area (Å²) in [4.78, 5) is 2.31. The lowest BCUT2D eigenvalue weighted by atomic mass is 10.1.